The Morgan fingerprint density at radius 1 is 1.27 bits per heavy atom. The molecule has 4 heteroatoms. The van der Waals surface area contributed by atoms with Gasteiger partial charge in [-0.3, -0.25) is 4.79 Å². The van der Waals surface area contributed by atoms with Crippen molar-refractivity contribution in [3.05, 3.63) is 51.5 Å². The van der Waals surface area contributed by atoms with Crippen LogP contribution in [0.2, 0.25) is 5.02 Å². The van der Waals surface area contributed by atoms with Crippen molar-refractivity contribution in [2.24, 2.45) is 0 Å². The molecule has 0 unspecified atom stereocenters. The molecule has 0 aliphatic carbocycles. The largest absolute Gasteiger partial charge is 0.313 e. The minimum Gasteiger partial charge on any atom is -0.313 e. The van der Waals surface area contributed by atoms with Crippen LogP contribution in [0.1, 0.15) is 5.56 Å². The van der Waals surface area contributed by atoms with Crippen molar-refractivity contribution in [1.82, 2.24) is 9.97 Å². The van der Waals surface area contributed by atoms with Crippen molar-refractivity contribution < 1.29 is 0 Å². The molecule has 2 aromatic rings. The van der Waals surface area contributed by atoms with Gasteiger partial charge in [0.15, 0.2) is 0 Å². The first kappa shape index (κ1) is 9.93. The lowest BCUT2D eigenvalue weighted by Crippen LogP contribution is -2.11. The van der Waals surface area contributed by atoms with Gasteiger partial charge in [0.1, 0.15) is 0 Å². The van der Waals surface area contributed by atoms with E-state index in [2.05, 4.69) is 9.97 Å². The lowest BCUT2D eigenvalue weighted by Gasteiger charge is -2.03. The van der Waals surface area contributed by atoms with Crippen LogP contribution in [0.25, 0.3) is 11.3 Å². The third-order valence-electron chi connectivity index (χ3n) is 2.20. The molecule has 0 spiro atoms. The maximum Gasteiger partial charge on any atom is 0.254 e. The van der Waals surface area contributed by atoms with Crippen molar-refractivity contribution in [3.8, 4) is 11.3 Å². The summed E-state index contributed by atoms with van der Waals surface area (Å²) in [6.07, 6.45) is 1.40. The summed E-state index contributed by atoms with van der Waals surface area (Å²) in [5.41, 5.74) is 2.08. The highest BCUT2D eigenvalue weighted by Crippen LogP contribution is 2.20. The van der Waals surface area contributed by atoms with Crippen molar-refractivity contribution in [3.63, 3.8) is 0 Å². The van der Waals surface area contributed by atoms with Crippen LogP contribution >= 0.6 is 11.6 Å². The van der Waals surface area contributed by atoms with Crippen LogP contribution in [-0.4, -0.2) is 9.97 Å². The van der Waals surface area contributed by atoms with Gasteiger partial charge in [0.05, 0.1) is 12.0 Å². The van der Waals surface area contributed by atoms with Gasteiger partial charge in [0.2, 0.25) is 0 Å². The van der Waals surface area contributed by atoms with Crippen molar-refractivity contribution in [2.75, 3.05) is 0 Å². The van der Waals surface area contributed by atoms with Gasteiger partial charge in [-0.1, -0.05) is 23.7 Å². The van der Waals surface area contributed by atoms with Crippen LogP contribution in [-0.2, 0) is 0 Å². The first-order valence-corrected chi connectivity index (χ1v) is 4.86. The second-order valence-electron chi connectivity index (χ2n) is 3.21. The van der Waals surface area contributed by atoms with E-state index in [4.69, 9.17) is 11.6 Å². The number of nitrogens with one attached hydrogen (secondary N) is 1. The van der Waals surface area contributed by atoms with E-state index in [1.165, 1.54) is 6.33 Å². The molecule has 0 aliphatic rings. The van der Waals surface area contributed by atoms with Crippen LogP contribution in [0.4, 0.5) is 0 Å². The Morgan fingerprint density at radius 2 is 1.93 bits per heavy atom. The lowest BCUT2D eigenvalue weighted by atomic mass is 10.1. The van der Waals surface area contributed by atoms with E-state index in [1.54, 1.807) is 19.1 Å². The van der Waals surface area contributed by atoms with E-state index < -0.39 is 0 Å². The maximum atomic E-state index is 11.4. The predicted molar refractivity (Wildman–Crippen MR) is 60.0 cm³/mol. The van der Waals surface area contributed by atoms with Crippen LogP contribution < -0.4 is 5.56 Å². The zero-order valence-corrected chi connectivity index (χ0v) is 8.88. The van der Waals surface area contributed by atoms with E-state index in [0.29, 0.717) is 16.3 Å². The standard InChI is InChI=1S/C11H9ClN2O/c1-7-10(13-6-14-11(7)15)8-2-4-9(12)5-3-8/h2-6H,1H3,(H,13,14,15). The summed E-state index contributed by atoms with van der Waals surface area (Å²) < 4.78 is 0. The smallest absolute Gasteiger partial charge is 0.254 e. The summed E-state index contributed by atoms with van der Waals surface area (Å²) in [7, 11) is 0. The number of benzene rings is 1. The summed E-state index contributed by atoms with van der Waals surface area (Å²) in [5, 5.41) is 0.668. The van der Waals surface area contributed by atoms with E-state index >= 15 is 0 Å². The molecular weight excluding hydrogens is 212 g/mol. The van der Waals surface area contributed by atoms with E-state index in [1.807, 2.05) is 12.1 Å². The third-order valence-corrected chi connectivity index (χ3v) is 2.45. The van der Waals surface area contributed by atoms with E-state index in [9.17, 15) is 4.79 Å². The number of hydrogen-bond acceptors (Lipinski definition) is 2. The number of aromatic amines is 1. The highest BCUT2D eigenvalue weighted by Gasteiger charge is 2.05. The Labute approximate surface area is 91.8 Å². The average Bonchev–Trinajstić information content (AvgIpc) is 2.24. The lowest BCUT2D eigenvalue weighted by molar-refractivity contribution is 1.08. The van der Waals surface area contributed by atoms with Crippen LogP contribution in [0, 0.1) is 6.92 Å². The third kappa shape index (κ3) is 1.92. The molecule has 1 heterocycles. The van der Waals surface area contributed by atoms with Gasteiger partial charge in [0, 0.05) is 16.1 Å². The zero-order valence-electron chi connectivity index (χ0n) is 8.12. The van der Waals surface area contributed by atoms with Gasteiger partial charge in [-0.15, -0.1) is 0 Å². The molecule has 0 bridgehead atoms. The van der Waals surface area contributed by atoms with Gasteiger partial charge in [-0.05, 0) is 19.1 Å². The second-order valence-corrected chi connectivity index (χ2v) is 3.65. The molecule has 0 radical (unpaired) electrons. The summed E-state index contributed by atoms with van der Waals surface area (Å²) in [6.45, 7) is 1.75. The second kappa shape index (κ2) is 3.87. The molecule has 0 saturated carbocycles. The monoisotopic (exact) mass is 220 g/mol. The molecule has 0 amide bonds. The van der Waals surface area contributed by atoms with Gasteiger partial charge >= 0.3 is 0 Å². The molecule has 1 aromatic carbocycles. The van der Waals surface area contributed by atoms with Gasteiger partial charge in [-0.2, -0.15) is 0 Å². The van der Waals surface area contributed by atoms with Crippen LogP contribution in [0.15, 0.2) is 35.4 Å². The average molecular weight is 221 g/mol. The Balaban J connectivity index is 2.59. The Hall–Kier alpha value is -1.61. The minimum absolute atomic E-state index is 0.116. The Bertz CT molecular complexity index is 531. The molecule has 3 nitrogen and oxygen atoms in total. The van der Waals surface area contributed by atoms with E-state index in [-0.39, 0.29) is 5.56 Å². The minimum atomic E-state index is -0.116. The summed E-state index contributed by atoms with van der Waals surface area (Å²) in [4.78, 5) is 18.0. The fourth-order valence-electron chi connectivity index (χ4n) is 1.37. The van der Waals surface area contributed by atoms with Crippen LogP contribution in [0.3, 0.4) is 0 Å². The maximum absolute atomic E-state index is 11.4. The molecule has 76 valence electrons. The molecule has 1 aromatic heterocycles. The van der Waals surface area contributed by atoms with Gasteiger partial charge < -0.3 is 4.98 Å². The van der Waals surface area contributed by atoms with Crippen LogP contribution in [0.5, 0.6) is 0 Å². The van der Waals surface area contributed by atoms with Gasteiger partial charge in [-0.25, -0.2) is 4.98 Å². The number of hydrogen-bond donors (Lipinski definition) is 1. The number of H-pyrrole nitrogens is 1. The van der Waals surface area contributed by atoms with Crippen molar-refractivity contribution >= 4 is 11.6 Å². The number of aromatic nitrogens is 2. The molecule has 1 N–H and O–H groups in total. The summed E-state index contributed by atoms with van der Waals surface area (Å²) in [5.74, 6) is 0. The highest BCUT2D eigenvalue weighted by molar-refractivity contribution is 6.30. The highest BCUT2D eigenvalue weighted by atomic mass is 35.5. The molecule has 15 heavy (non-hydrogen) atoms. The molecule has 0 fully saturated rings. The topological polar surface area (TPSA) is 45.8 Å². The number of halogens is 1. The molecule has 2 rings (SSSR count). The fraction of sp³-hybridized carbons (Fsp3) is 0.0909. The zero-order chi connectivity index (χ0) is 10.8. The molecule has 0 atom stereocenters. The molecular formula is C11H9ClN2O. The van der Waals surface area contributed by atoms with Crippen molar-refractivity contribution in [1.29, 1.82) is 0 Å². The number of rotatable bonds is 1. The van der Waals surface area contributed by atoms with E-state index in [0.717, 1.165) is 5.56 Å². The van der Waals surface area contributed by atoms with Crippen molar-refractivity contribution in [2.45, 2.75) is 6.92 Å². The number of nitrogens with zero attached hydrogens (tertiary/aromatic N) is 1. The molecule has 0 saturated heterocycles. The molecule has 0 aliphatic heterocycles. The van der Waals surface area contributed by atoms with Gasteiger partial charge in [0.25, 0.3) is 5.56 Å². The first-order chi connectivity index (χ1) is 7.18. The fourth-order valence-corrected chi connectivity index (χ4v) is 1.49. The summed E-state index contributed by atoms with van der Waals surface area (Å²) >= 11 is 5.78. The normalized spacial score (nSPS) is 10.3. The Morgan fingerprint density at radius 3 is 2.60 bits per heavy atom. The summed E-state index contributed by atoms with van der Waals surface area (Å²) in [6, 6.07) is 7.24. The SMILES string of the molecule is Cc1c(-c2ccc(Cl)cc2)nc[nH]c1=O. The quantitative estimate of drug-likeness (QED) is 0.802. The first-order valence-electron chi connectivity index (χ1n) is 4.48. The predicted octanol–water partition coefficient (Wildman–Crippen LogP) is 2.40. The Kier molecular flexibility index (Phi) is 2.56.